The second-order valence-electron chi connectivity index (χ2n) is 7.54. The van der Waals surface area contributed by atoms with E-state index in [1.165, 1.54) is 6.08 Å². The third kappa shape index (κ3) is 4.49. The quantitative estimate of drug-likeness (QED) is 0.586. The van der Waals surface area contributed by atoms with Crippen molar-refractivity contribution in [2.24, 2.45) is 0 Å². The lowest BCUT2D eigenvalue weighted by atomic mass is 9.81. The SMILES string of the molecule is C=CC(=O)N1CC(C)=C(/C=C(\C)Cl)[C@H](c2ccccc2-c2ccc(C)nc2OC)C1. The van der Waals surface area contributed by atoms with E-state index in [-0.39, 0.29) is 11.8 Å². The molecule has 0 N–H and O–H groups in total. The number of amides is 1. The lowest BCUT2D eigenvalue weighted by Gasteiger charge is -2.35. The Kier molecular flexibility index (Phi) is 6.78. The van der Waals surface area contributed by atoms with E-state index >= 15 is 0 Å². The average molecular weight is 423 g/mol. The first kappa shape index (κ1) is 21.8. The highest BCUT2D eigenvalue weighted by molar-refractivity contribution is 6.29. The first-order chi connectivity index (χ1) is 14.3. The molecule has 5 heteroatoms. The fourth-order valence-corrected chi connectivity index (χ4v) is 4.12. The summed E-state index contributed by atoms with van der Waals surface area (Å²) in [4.78, 5) is 18.8. The van der Waals surface area contributed by atoms with E-state index in [0.717, 1.165) is 33.5 Å². The number of aromatic nitrogens is 1. The van der Waals surface area contributed by atoms with Crippen LogP contribution in [0.5, 0.6) is 5.88 Å². The Bertz CT molecular complexity index is 1040. The molecule has 1 aromatic heterocycles. The first-order valence-electron chi connectivity index (χ1n) is 9.91. The van der Waals surface area contributed by atoms with Crippen molar-refractivity contribution < 1.29 is 9.53 Å². The number of carbonyl (C=O) groups excluding carboxylic acids is 1. The Balaban J connectivity index is 2.20. The maximum absolute atomic E-state index is 12.4. The minimum Gasteiger partial charge on any atom is -0.481 e. The summed E-state index contributed by atoms with van der Waals surface area (Å²) in [6.07, 6.45) is 3.38. The molecule has 0 radical (unpaired) electrons. The van der Waals surface area contributed by atoms with Gasteiger partial charge in [-0.05, 0) is 61.8 Å². The monoisotopic (exact) mass is 422 g/mol. The van der Waals surface area contributed by atoms with Gasteiger partial charge in [-0.2, -0.15) is 0 Å². The zero-order chi connectivity index (χ0) is 21.8. The number of rotatable bonds is 5. The molecule has 0 unspecified atom stereocenters. The van der Waals surface area contributed by atoms with Crippen LogP contribution in [0.1, 0.15) is 31.0 Å². The molecule has 3 rings (SSSR count). The fourth-order valence-electron chi connectivity index (χ4n) is 4.00. The van der Waals surface area contributed by atoms with E-state index in [2.05, 4.69) is 30.6 Å². The highest BCUT2D eigenvalue weighted by Gasteiger charge is 2.30. The molecule has 1 aliphatic heterocycles. The zero-order valence-electron chi connectivity index (χ0n) is 17.9. The second kappa shape index (κ2) is 9.31. The molecular formula is C25H27ClN2O2. The van der Waals surface area contributed by atoms with Gasteiger partial charge in [0.1, 0.15) is 0 Å². The van der Waals surface area contributed by atoms with E-state index in [1.54, 1.807) is 7.11 Å². The van der Waals surface area contributed by atoms with E-state index < -0.39 is 0 Å². The van der Waals surface area contributed by atoms with Crippen LogP contribution >= 0.6 is 11.6 Å². The Morgan fingerprint density at radius 2 is 1.97 bits per heavy atom. The number of benzene rings is 1. The molecule has 0 aliphatic carbocycles. The minimum absolute atomic E-state index is 0.0291. The number of pyridine rings is 1. The van der Waals surface area contributed by atoms with Crippen molar-refractivity contribution in [3.8, 4) is 17.0 Å². The van der Waals surface area contributed by atoms with Gasteiger partial charge in [-0.3, -0.25) is 4.79 Å². The highest BCUT2D eigenvalue weighted by atomic mass is 35.5. The van der Waals surface area contributed by atoms with E-state index in [0.29, 0.717) is 24.0 Å². The molecule has 0 fully saturated rings. The van der Waals surface area contributed by atoms with Gasteiger partial charge in [0.2, 0.25) is 11.8 Å². The fraction of sp³-hybridized carbons (Fsp3) is 0.280. The second-order valence-corrected chi connectivity index (χ2v) is 8.14. The van der Waals surface area contributed by atoms with Gasteiger partial charge in [-0.1, -0.05) is 48.0 Å². The summed E-state index contributed by atoms with van der Waals surface area (Å²) < 4.78 is 5.58. The molecule has 0 bridgehead atoms. The summed E-state index contributed by atoms with van der Waals surface area (Å²) in [5.74, 6) is 0.485. The van der Waals surface area contributed by atoms with Crippen LogP contribution in [0.2, 0.25) is 0 Å². The molecule has 30 heavy (non-hydrogen) atoms. The van der Waals surface area contributed by atoms with Crippen LogP contribution in [0.4, 0.5) is 0 Å². The topological polar surface area (TPSA) is 42.4 Å². The van der Waals surface area contributed by atoms with Crippen LogP contribution in [0.25, 0.3) is 11.1 Å². The molecule has 1 atom stereocenters. The zero-order valence-corrected chi connectivity index (χ0v) is 18.7. The molecule has 0 spiro atoms. The number of ether oxygens (including phenoxy) is 1. The number of hydrogen-bond acceptors (Lipinski definition) is 3. The van der Waals surface area contributed by atoms with Gasteiger partial charge in [0.25, 0.3) is 0 Å². The van der Waals surface area contributed by atoms with Crippen molar-refractivity contribution in [2.75, 3.05) is 20.2 Å². The van der Waals surface area contributed by atoms with Crippen molar-refractivity contribution >= 4 is 17.5 Å². The van der Waals surface area contributed by atoms with Crippen molar-refractivity contribution in [1.29, 1.82) is 0 Å². The van der Waals surface area contributed by atoms with Crippen molar-refractivity contribution in [2.45, 2.75) is 26.7 Å². The molecular weight excluding hydrogens is 396 g/mol. The molecule has 0 saturated carbocycles. The number of carbonyl (C=O) groups is 1. The van der Waals surface area contributed by atoms with Crippen LogP contribution in [0.15, 0.2) is 71.3 Å². The van der Waals surface area contributed by atoms with Crippen LogP contribution in [-0.4, -0.2) is 36.0 Å². The third-order valence-electron chi connectivity index (χ3n) is 5.36. The summed E-state index contributed by atoms with van der Waals surface area (Å²) in [6.45, 7) is 10.6. The minimum atomic E-state index is -0.0722. The first-order valence-corrected chi connectivity index (χ1v) is 10.3. The smallest absolute Gasteiger partial charge is 0.246 e. The number of allylic oxidation sites excluding steroid dienone is 2. The molecule has 156 valence electrons. The van der Waals surface area contributed by atoms with Gasteiger partial charge in [0, 0.05) is 35.3 Å². The maximum atomic E-state index is 12.4. The van der Waals surface area contributed by atoms with Crippen LogP contribution in [0, 0.1) is 6.92 Å². The Morgan fingerprint density at radius 1 is 1.23 bits per heavy atom. The largest absolute Gasteiger partial charge is 0.481 e. The molecule has 2 aromatic rings. The standard InChI is InChI=1S/C25H27ClN2O2/c1-6-24(29)28-14-16(2)22(13-17(3)26)23(15-28)20-10-8-7-9-19(20)21-12-11-18(4)27-25(21)30-5/h6-13,23H,1,14-15H2,2-5H3/b17-13+/t23-/m0/s1. The van der Waals surface area contributed by atoms with Crippen molar-refractivity contribution in [1.82, 2.24) is 9.88 Å². The Morgan fingerprint density at radius 3 is 2.63 bits per heavy atom. The normalized spacial score (nSPS) is 17.2. The Labute approximate surface area is 183 Å². The summed E-state index contributed by atoms with van der Waals surface area (Å²) in [6, 6.07) is 12.2. The van der Waals surface area contributed by atoms with Crippen molar-refractivity contribution in [3.05, 3.63) is 82.6 Å². The summed E-state index contributed by atoms with van der Waals surface area (Å²) in [5, 5.41) is 0.713. The van der Waals surface area contributed by atoms with E-state index in [4.69, 9.17) is 16.3 Å². The maximum Gasteiger partial charge on any atom is 0.246 e. The third-order valence-corrected chi connectivity index (χ3v) is 5.47. The van der Waals surface area contributed by atoms with Crippen LogP contribution in [0.3, 0.4) is 0 Å². The van der Waals surface area contributed by atoms with E-state index in [1.807, 2.05) is 49.1 Å². The number of aryl methyl sites for hydroxylation is 1. The van der Waals surface area contributed by atoms with Gasteiger partial charge in [0.05, 0.1) is 7.11 Å². The average Bonchev–Trinajstić information content (AvgIpc) is 2.74. The number of methoxy groups -OCH3 is 1. The molecule has 2 heterocycles. The van der Waals surface area contributed by atoms with Crippen molar-refractivity contribution in [3.63, 3.8) is 0 Å². The van der Waals surface area contributed by atoms with Crippen LogP contribution in [-0.2, 0) is 4.79 Å². The lowest BCUT2D eigenvalue weighted by Crippen LogP contribution is -2.39. The van der Waals surface area contributed by atoms with Gasteiger partial charge < -0.3 is 9.64 Å². The van der Waals surface area contributed by atoms with E-state index in [9.17, 15) is 4.79 Å². The summed E-state index contributed by atoms with van der Waals surface area (Å²) in [5.41, 5.74) is 6.21. The summed E-state index contributed by atoms with van der Waals surface area (Å²) in [7, 11) is 1.63. The predicted molar refractivity (Wildman–Crippen MR) is 123 cm³/mol. The molecule has 4 nitrogen and oxygen atoms in total. The van der Waals surface area contributed by atoms with Gasteiger partial charge in [0.15, 0.2) is 0 Å². The van der Waals surface area contributed by atoms with Gasteiger partial charge >= 0.3 is 0 Å². The predicted octanol–water partition coefficient (Wildman–Crippen LogP) is 5.64. The highest BCUT2D eigenvalue weighted by Crippen LogP contribution is 2.41. The Hall–Kier alpha value is -2.85. The number of halogens is 1. The van der Waals surface area contributed by atoms with Crippen LogP contribution < -0.4 is 4.74 Å². The lowest BCUT2D eigenvalue weighted by molar-refractivity contribution is -0.126. The summed E-state index contributed by atoms with van der Waals surface area (Å²) >= 11 is 6.28. The van der Waals surface area contributed by atoms with Gasteiger partial charge in [-0.25, -0.2) is 4.98 Å². The molecule has 1 aromatic carbocycles. The molecule has 1 amide bonds. The molecule has 1 aliphatic rings. The molecule has 0 saturated heterocycles. The van der Waals surface area contributed by atoms with Gasteiger partial charge in [-0.15, -0.1) is 0 Å². The number of nitrogens with zero attached hydrogens (tertiary/aromatic N) is 2. The number of hydrogen-bond donors (Lipinski definition) is 0.